The molecule has 0 aliphatic heterocycles. The van der Waals surface area contributed by atoms with Gasteiger partial charge in [0.25, 0.3) is 0 Å². The summed E-state index contributed by atoms with van der Waals surface area (Å²) < 4.78 is 51.6. The van der Waals surface area contributed by atoms with Gasteiger partial charge in [0.1, 0.15) is 0 Å². The summed E-state index contributed by atoms with van der Waals surface area (Å²) in [5.41, 5.74) is 1.27. The quantitative estimate of drug-likeness (QED) is 0.1000. The van der Waals surface area contributed by atoms with Crippen molar-refractivity contribution < 1.29 is 59.7 Å². The second kappa shape index (κ2) is 21.4. The molecular formula is C33H20F4N3Pt2S2-3. The van der Waals surface area contributed by atoms with E-state index >= 15 is 0 Å². The van der Waals surface area contributed by atoms with E-state index in [1.165, 1.54) is 0 Å². The molecule has 0 bridgehead atoms. The van der Waals surface area contributed by atoms with E-state index < -0.39 is 23.3 Å². The average molecular weight is 989 g/mol. The van der Waals surface area contributed by atoms with Crippen molar-refractivity contribution in [2.75, 3.05) is 0 Å². The van der Waals surface area contributed by atoms with Crippen molar-refractivity contribution in [1.29, 1.82) is 0 Å². The van der Waals surface area contributed by atoms with Crippen LogP contribution in [0, 0.1) is 41.5 Å². The van der Waals surface area contributed by atoms with Gasteiger partial charge in [-0.25, -0.2) is 6.07 Å². The summed E-state index contributed by atoms with van der Waals surface area (Å²) in [6.07, 6.45) is 4.78. The van der Waals surface area contributed by atoms with Crippen molar-refractivity contribution >= 4 is 25.3 Å². The standard InChI is InChI=1S/2C11H6F2N.C6H5S.C5H5NS.2Pt/c2*12-8-4-5-9(10(13)7-8)11-3-1-2-6-14-11;7-6-4-2-1-3-5-6;7-5-3-1-2-4-6-5;;/h2*1-4,6-7H;1-4,7H;1-4H,(H,6,7);;/q3*-1;;;+2/p-2. The monoisotopic (exact) mass is 988 g/mol. The molecule has 230 valence electrons. The van der Waals surface area contributed by atoms with Crippen LogP contribution in [0.25, 0.3) is 22.5 Å². The molecule has 44 heavy (non-hydrogen) atoms. The number of halogens is 4. The Bertz CT molecular complexity index is 1520. The summed E-state index contributed by atoms with van der Waals surface area (Å²) >= 11 is 9.46. The van der Waals surface area contributed by atoms with Crippen LogP contribution in [0.4, 0.5) is 17.6 Å². The van der Waals surface area contributed by atoms with E-state index in [0.717, 1.165) is 29.2 Å². The number of benzene rings is 3. The zero-order chi connectivity index (χ0) is 30.2. The molecule has 0 atom stereocenters. The Balaban J connectivity index is 0.000000303. The normalized spacial score (nSPS) is 9.18. The molecule has 3 aromatic carbocycles. The molecule has 0 saturated carbocycles. The number of pyridine rings is 3. The fourth-order valence-corrected chi connectivity index (χ4v) is 3.31. The van der Waals surface area contributed by atoms with Gasteiger partial charge in [-0.2, -0.15) is 24.3 Å². The third-order valence-corrected chi connectivity index (χ3v) is 5.37. The molecule has 6 aromatic rings. The fourth-order valence-electron chi connectivity index (χ4n) is 3.03. The van der Waals surface area contributed by atoms with Crippen LogP contribution in [0.1, 0.15) is 0 Å². The number of rotatable bonds is 2. The van der Waals surface area contributed by atoms with Gasteiger partial charge in [0.05, 0.1) is 0 Å². The van der Waals surface area contributed by atoms with Crippen molar-refractivity contribution in [2.45, 2.75) is 9.92 Å². The Kier molecular flexibility index (Phi) is 18.8. The van der Waals surface area contributed by atoms with Crippen LogP contribution in [0.5, 0.6) is 0 Å². The van der Waals surface area contributed by atoms with E-state index in [0.29, 0.717) is 16.4 Å². The molecule has 3 nitrogen and oxygen atoms in total. The number of nitrogens with zero attached hydrogens (tertiary/aromatic N) is 3. The first-order chi connectivity index (χ1) is 20.3. The third-order valence-electron chi connectivity index (χ3n) is 4.88. The fraction of sp³-hybridized carbons (Fsp3) is 0. The van der Waals surface area contributed by atoms with Gasteiger partial charge in [-0.1, -0.05) is 64.7 Å². The molecule has 0 saturated heterocycles. The van der Waals surface area contributed by atoms with Gasteiger partial charge in [-0.05, 0) is 29.6 Å². The minimum absolute atomic E-state index is 0. The second-order valence-electron chi connectivity index (χ2n) is 7.91. The number of aromatic nitrogens is 3. The molecule has 3 heterocycles. The van der Waals surface area contributed by atoms with Gasteiger partial charge in [0.2, 0.25) is 0 Å². The molecule has 0 unspecified atom stereocenters. The molecule has 3 aromatic heterocycles. The molecule has 11 heteroatoms. The van der Waals surface area contributed by atoms with Crippen LogP contribution < -0.4 is 0 Å². The Morgan fingerprint density at radius 3 is 1.27 bits per heavy atom. The summed E-state index contributed by atoms with van der Waals surface area (Å²) in [4.78, 5) is 12.5. The van der Waals surface area contributed by atoms with Crippen LogP contribution in [0.3, 0.4) is 0 Å². The Labute approximate surface area is 293 Å². The molecule has 0 aliphatic carbocycles. The smallest absolute Gasteiger partial charge is 0.806 e. The molecule has 0 N–H and O–H groups in total. The number of hydrogen-bond donors (Lipinski definition) is 0. The van der Waals surface area contributed by atoms with Crippen LogP contribution >= 0.6 is 0 Å². The second-order valence-corrected chi connectivity index (χ2v) is 8.76. The van der Waals surface area contributed by atoms with Crippen molar-refractivity contribution in [3.63, 3.8) is 0 Å². The first-order valence-electron chi connectivity index (χ1n) is 12.1. The van der Waals surface area contributed by atoms with Gasteiger partial charge in [0.15, 0.2) is 0 Å². The van der Waals surface area contributed by atoms with E-state index in [-0.39, 0.29) is 53.3 Å². The first kappa shape index (κ1) is 38.7. The molecular weight excluding hydrogens is 969 g/mol. The zero-order valence-corrected chi connectivity index (χ0v) is 28.5. The Morgan fingerprint density at radius 2 is 1.00 bits per heavy atom. The van der Waals surface area contributed by atoms with Crippen molar-refractivity contribution in [2.24, 2.45) is 0 Å². The summed E-state index contributed by atoms with van der Waals surface area (Å²) in [5, 5.41) is 0.655. The molecule has 0 spiro atoms. The average Bonchev–Trinajstić information content (AvgIpc) is 3.00. The first-order valence-corrected chi connectivity index (χ1v) is 12.9. The van der Waals surface area contributed by atoms with Gasteiger partial charge in [0, 0.05) is 62.9 Å². The maximum Gasteiger partial charge on any atom is 2.00 e. The molecule has 0 aliphatic rings. The van der Waals surface area contributed by atoms with E-state index in [2.05, 4.69) is 33.2 Å². The zero-order valence-electron chi connectivity index (χ0n) is 22.3. The van der Waals surface area contributed by atoms with E-state index in [4.69, 9.17) is 25.3 Å². The number of hydrogen-bond acceptors (Lipinski definition) is 5. The van der Waals surface area contributed by atoms with Gasteiger partial charge in [-0.15, -0.1) is 24.3 Å². The van der Waals surface area contributed by atoms with Gasteiger partial charge < -0.3 is 35.2 Å². The maximum absolute atomic E-state index is 13.2. The summed E-state index contributed by atoms with van der Waals surface area (Å²) in [7, 11) is 0. The predicted octanol–water partition coefficient (Wildman–Crippen LogP) is 8.03. The van der Waals surface area contributed by atoms with Gasteiger partial charge in [-0.3, -0.25) is 27.4 Å². The largest absolute Gasteiger partial charge is 2.00 e. The van der Waals surface area contributed by atoms with Crippen molar-refractivity contribution in [1.82, 2.24) is 15.0 Å². The maximum atomic E-state index is 13.2. The SMILES string of the molecule is Fc1c[c-]c(-c2ccccn2)c(F)c1.Fc1c[c-]c(-c2ccccn2)c(F)c1.[Pt+2].[Pt].[S-]c1[c-]cccc1.[S-]c1ccccn1. The molecule has 6 rings (SSSR count). The van der Waals surface area contributed by atoms with E-state index in [1.807, 2.05) is 36.4 Å². The van der Waals surface area contributed by atoms with Crippen molar-refractivity contribution in [3.8, 4) is 22.5 Å². The molecule has 0 amide bonds. The Morgan fingerprint density at radius 1 is 0.545 bits per heavy atom. The molecule has 0 radical (unpaired) electrons. The van der Waals surface area contributed by atoms with E-state index in [1.54, 1.807) is 61.1 Å². The van der Waals surface area contributed by atoms with Gasteiger partial charge >= 0.3 is 21.1 Å². The minimum Gasteiger partial charge on any atom is -0.806 e. The summed E-state index contributed by atoms with van der Waals surface area (Å²) in [5.74, 6) is -2.57. The summed E-state index contributed by atoms with van der Waals surface area (Å²) in [6.45, 7) is 0. The topological polar surface area (TPSA) is 38.7 Å². The summed E-state index contributed by atoms with van der Waals surface area (Å²) in [6, 6.07) is 34.9. The Hall–Kier alpha value is -3.35. The minimum atomic E-state index is -0.649. The molecule has 0 fully saturated rings. The predicted molar refractivity (Wildman–Crippen MR) is 158 cm³/mol. The third kappa shape index (κ3) is 14.0. The van der Waals surface area contributed by atoms with Crippen LogP contribution in [-0.4, -0.2) is 15.0 Å². The van der Waals surface area contributed by atoms with Crippen LogP contribution in [-0.2, 0) is 67.4 Å². The van der Waals surface area contributed by atoms with Crippen LogP contribution in [0.15, 0.2) is 132 Å². The van der Waals surface area contributed by atoms with Crippen LogP contribution in [0.2, 0.25) is 0 Å². The van der Waals surface area contributed by atoms with E-state index in [9.17, 15) is 17.6 Å². The van der Waals surface area contributed by atoms with Crippen molar-refractivity contribution in [3.05, 3.63) is 163 Å².